The van der Waals surface area contributed by atoms with E-state index in [4.69, 9.17) is 10.00 Å². The minimum absolute atomic E-state index is 0.298. The zero-order chi connectivity index (χ0) is 14.4. The van der Waals surface area contributed by atoms with E-state index in [-0.39, 0.29) is 0 Å². The summed E-state index contributed by atoms with van der Waals surface area (Å²) in [5.74, 6) is 0.384. The van der Waals surface area contributed by atoms with Gasteiger partial charge in [0.15, 0.2) is 0 Å². The van der Waals surface area contributed by atoms with Gasteiger partial charge in [-0.1, -0.05) is 12.1 Å². The first-order valence-corrected chi connectivity index (χ1v) is 6.31. The summed E-state index contributed by atoms with van der Waals surface area (Å²) in [6.07, 6.45) is 0. The first kappa shape index (κ1) is 13.9. The second-order valence-electron chi connectivity index (χ2n) is 4.43. The van der Waals surface area contributed by atoms with E-state index in [9.17, 15) is 4.39 Å². The molecule has 102 valence electrons. The van der Waals surface area contributed by atoms with Crippen molar-refractivity contribution < 1.29 is 9.13 Å². The molecule has 0 heterocycles. The van der Waals surface area contributed by atoms with Crippen molar-refractivity contribution in [2.24, 2.45) is 0 Å². The SMILES string of the molecule is Cc1cccc(OCCNc2cc(F)cc(C#N)c2)c1. The van der Waals surface area contributed by atoms with Gasteiger partial charge in [0, 0.05) is 12.2 Å². The summed E-state index contributed by atoms with van der Waals surface area (Å²) in [5, 5.41) is 11.8. The van der Waals surface area contributed by atoms with Crippen molar-refractivity contribution in [1.29, 1.82) is 5.26 Å². The van der Waals surface area contributed by atoms with Crippen LogP contribution >= 0.6 is 0 Å². The number of hydrogen-bond acceptors (Lipinski definition) is 3. The Morgan fingerprint density at radius 1 is 1.25 bits per heavy atom. The third-order valence-electron chi connectivity index (χ3n) is 2.72. The molecule has 0 saturated carbocycles. The van der Waals surface area contributed by atoms with E-state index in [1.807, 2.05) is 37.3 Å². The number of ether oxygens (including phenoxy) is 1. The van der Waals surface area contributed by atoms with Crippen LogP contribution in [-0.2, 0) is 0 Å². The summed E-state index contributed by atoms with van der Waals surface area (Å²) in [4.78, 5) is 0. The fraction of sp³-hybridized carbons (Fsp3) is 0.188. The number of aryl methyl sites for hydroxylation is 1. The van der Waals surface area contributed by atoms with E-state index >= 15 is 0 Å². The average molecular weight is 270 g/mol. The van der Waals surface area contributed by atoms with Gasteiger partial charge in [0.25, 0.3) is 0 Å². The third kappa shape index (κ3) is 3.99. The molecular formula is C16H15FN2O. The van der Waals surface area contributed by atoms with Gasteiger partial charge in [0.2, 0.25) is 0 Å². The Balaban J connectivity index is 1.84. The monoisotopic (exact) mass is 270 g/mol. The van der Waals surface area contributed by atoms with Crippen LogP contribution < -0.4 is 10.1 Å². The number of nitriles is 1. The molecule has 0 saturated heterocycles. The van der Waals surface area contributed by atoms with Gasteiger partial charge in [0.05, 0.1) is 11.6 Å². The second-order valence-corrected chi connectivity index (χ2v) is 4.43. The predicted molar refractivity (Wildman–Crippen MR) is 76.3 cm³/mol. The van der Waals surface area contributed by atoms with Gasteiger partial charge in [-0.15, -0.1) is 0 Å². The molecule has 0 radical (unpaired) electrons. The summed E-state index contributed by atoms with van der Waals surface area (Å²) in [6.45, 7) is 2.99. The van der Waals surface area contributed by atoms with Crippen LogP contribution in [0.2, 0.25) is 0 Å². The van der Waals surface area contributed by atoms with E-state index in [2.05, 4.69) is 5.32 Å². The van der Waals surface area contributed by atoms with Crippen LogP contribution in [0.4, 0.5) is 10.1 Å². The highest BCUT2D eigenvalue weighted by Gasteiger charge is 2.00. The van der Waals surface area contributed by atoms with Crippen molar-refractivity contribution in [3.05, 3.63) is 59.4 Å². The molecule has 0 atom stereocenters. The molecule has 0 aliphatic heterocycles. The van der Waals surface area contributed by atoms with Crippen LogP contribution in [-0.4, -0.2) is 13.2 Å². The molecule has 0 bridgehead atoms. The van der Waals surface area contributed by atoms with E-state index in [0.29, 0.717) is 24.4 Å². The molecule has 0 aromatic heterocycles. The van der Waals surface area contributed by atoms with Gasteiger partial charge in [-0.05, 0) is 42.8 Å². The number of halogens is 1. The van der Waals surface area contributed by atoms with Crippen LogP contribution in [0.25, 0.3) is 0 Å². The fourth-order valence-corrected chi connectivity index (χ4v) is 1.83. The predicted octanol–water partition coefficient (Wildman–Crippen LogP) is 3.50. The van der Waals surface area contributed by atoms with Crippen LogP contribution in [0, 0.1) is 24.1 Å². The maximum atomic E-state index is 13.2. The first-order chi connectivity index (χ1) is 9.67. The summed E-state index contributed by atoms with van der Waals surface area (Å²) in [7, 11) is 0. The third-order valence-corrected chi connectivity index (χ3v) is 2.72. The van der Waals surface area contributed by atoms with Gasteiger partial charge in [0.1, 0.15) is 18.2 Å². The van der Waals surface area contributed by atoms with Crippen LogP contribution in [0.1, 0.15) is 11.1 Å². The van der Waals surface area contributed by atoms with Crippen molar-refractivity contribution >= 4 is 5.69 Å². The standard InChI is InChI=1S/C16H15FN2O/c1-12-3-2-4-16(7-12)20-6-5-19-15-9-13(11-18)8-14(17)10-15/h2-4,7-10,19H,5-6H2,1H3. The van der Waals surface area contributed by atoms with Crippen molar-refractivity contribution in [2.45, 2.75) is 6.92 Å². The molecule has 0 unspecified atom stereocenters. The normalized spacial score (nSPS) is 9.85. The summed E-state index contributed by atoms with van der Waals surface area (Å²) in [5.41, 5.74) is 2.01. The quantitative estimate of drug-likeness (QED) is 0.846. The summed E-state index contributed by atoms with van der Waals surface area (Å²) in [6, 6.07) is 13.9. The molecule has 1 N–H and O–H groups in total. The Hall–Kier alpha value is -2.54. The van der Waals surface area contributed by atoms with Crippen molar-refractivity contribution in [1.82, 2.24) is 0 Å². The van der Waals surface area contributed by atoms with Crippen LogP contribution in [0.3, 0.4) is 0 Å². The van der Waals surface area contributed by atoms with Gasteiger partial charge in [-0.2, -0.15) is 5.26 Å². The summed E-state index contributed by atoms with van der Waals surface area (Å²) < 4.78 is 18.8. The molecular weight excluding hydrogens is 255 g/mol. The van der Waals surface area contributed by atoms with E-state index in [0.717, 1.165) is 11.3 Å². The van der Waals surface area contributed by atoms with Gasteiger partial charge < -0.3 is 10.1 Å². The summed E-state index contributed by atoms with van der Waals surface area (Å²) >= 11 is 0. The van der Waals surface area contributed by atoms with Gasteiger partial charge in [-0.3, -0.25) is 0 Å². The van der Waals surface area contributed by atoms with E-state index < -0.39 is 5.82 Å². The molecule has 2 aromatic rings. The molecule has 0 amide bonds. The van der Waals surface area contributed by atoms with Gasteiger partial charge >= 0.3 is 0 Å². The minimum Gasteiger partial charge on any atom is -0.492 e. The van der Waals surface area contributed by atoms with Crippen molar-refractivity contribution in [3.63, 3.8) is 0 Å². The zero-order valence-electron chi connectivity index (χ0n) is 11.2. The fourth-order valence-electron chi connectivity index (χ4n) is 1.83. The smallest absolute Gasteiger partial charge is 0.126 e. The van der Waals surface area contributed by atoms with E-state index in [1.165, 1.54) is 12.1 Å². The lowest BCUT2D eigenvalue weighted by atomic mass is 10.2. The lowest BCUT2D eigenvalue weighted by Crippen LogP contribution is -2.11. The molecule has 0 aliphatic rings. The number of anilines is 1. The Morgan fingerprint density at radius 3 is 2.85 bits per heavy atom. The molecule has 3 nitrogen and oxygen atoms in total. The zero-order valence-corrected chi connectivity index (χ0v) is 11.2. The molecule has 20 heavy (non-hydrogen) atoms. The van der Waals surface area contributed by atoms with Crippen LogP contribution in [0.15, 0.2) is 42.5 Å². The lowest BCUT2D eigenvalue weighted by Gasteiger charge is -2.09. The maximum Gasteiger partial charge on any atom is 0.126 e. The Labute approximate surface area is 117 Å². The highest BCUT2D eigenvalue weighted by Crippen LogP contribution is 2.14. The highest BCUT2D eigenvalue weighted by molar-refractivity contribution is 5.49. The molecule has 0 spiro atoms. The highest BCUT2D eigenvalue weighted by atomic mass is 19.1. The molecule has 2 rings (SSSR count). The average Bonchev–Trinajstić information content (AvgIpc) is 2.43. The largest absolute Gasteiger partial charge is 0.492 e. The number of nitrogens with zero attached hydrogens (tertiary/aromatic N) is 1. The Bertz CT molecular complexity index is 635. The molecule has 0 fully saturated rings. The van der Waals surface area contributed by atoms with E-state index in [1.54, 1.807) is 6.07 Å². The minimum atomic E-state index is -0.425. The number of hydrogen-bond donors (Lipinski definition) is 1. The Morgan fingerprint density at radius 2 is 2.10 bits per heavy atom. The van der Waals surface area contributed by atoms with Crippen LogP contribution in [0.5, 0.6) is 5.75 Å². The first-order valence-electron chi connectivity index (χ1n) is 6.31. The molecule has 2 aromatic carbocycles. The number of rotatable bonds is 5. The Kier molecular flexibility index (Phi) is 4.56. The maximum absolute atomic E-state index is 13.2. The molecule has 0 aliphatic carbocycles. The van der Waals surface area contributed by atoms with Crippen molar-refractivity contribution in [3.8, 4) is 11.8 Å². The number of benzene rings is 2. The van der Waals surface area contributed by atoms with Gasteiger partial charge in [-0.25, -0.2) is 4.39 Å². The molecule has 4 heteroatoms. The lowest BCUT2D eigenvalue weighted by molar-refractivity contribution is 0.332. The second kappa shape index (κ2) is 6.58. The van der Waals surface area contributed by atoms with Crippen molar-refractivity contribution in [2.75, 3.05) is 18.5 Å². The number of nitrogens with one attached hydrogen (secondary N) is 1. The topological polar surface area (TPSA) is 45.0 Å².